The summed E-state index contributed by atoms with van der Waals surface area (Å²) in [6.45, 7) is 1.46. The van der Waals surface area contributed by atoms with E-state index in [9.17, 15) is 0 Å². The van der Waals surface area contributed by atoms with Gasteiger partial charge < -0.3 is 10.1 Å². The van der Waals surface area contributed by atoms with Crippen molar-refractivity contribution in [1.82, 2.24) is 0 Å². The highest BCUT2D eigenvalue weighted by molar-refractivity contribution is 5.51. The smallest absolute Gasteiger partial charge is 0.116 e. The van der Waals surface area contributed by atoms with Gasteiger partial charge in [0.15, 0.2) is 0 Å². The summed E-state index contributed by atoms with van der Waals surface area (Å²) in [5, 5.41) is 3.20. The van der Waals surface area contributed by atoms with E-state index < -0.39 is 0 Å². The Morgan fingerprint density at radius 1 is 1.36 bits per heavy atom. The molecule has 1 aromatic carbocycles. The Labute approximate surface area is 67.7 Å². The van der Waals surface area contributed by atoms with E-state index >= 15 is 0 Å². The van der Waals surface area contributed by atoms with Crippen molar-refractivity contribution in [3.8, 4) is 0 Å². The maximum atomic E-state index is 5.27. The van der Waals surface area contributed by atoms with Gasteiger partial charge in [-0.15, -0.1) is 0 Å². The lowest BCUT2D eigenvalue weighted by molar-refractivity contribution is 0.160. The molecule has 1 aromatic rings. The van der Waals surface area contributed by atoms with Crippen LogP contribution < -0.4 is 5.32 Å². The van der Waals surface area contributed by atoms with Gasteiger partial charge in [-0.2, -0.15) is 0 Å². The fourth-order valence-electron chi connectivity index (χ4n) is 1.29. The summed E-state index contributed by atoms with van der Waals surface area (Å²) in [6.07, 6.45) is 1.02. The Morgan fingerprint density at radius 2 is 2.27 bits per heavy atom. The topological polar surface area (TPSA) is 21.3 Å². The molecule has 1 heterocycles. The largest absolute Gasteiger partial charge is 0.362 e. The molecule has 0 aromatic heterocycles. The van der Waals surface area contributed by atoms with Gasteiger partial charge >= 0.3 is 0 Å². The lowest BCUT2D eigenvalue weighted by atomic mass is 10.1. The summed E-state index contributed by atoms with van der Waals surface area (Å²) in [4.78, 5) is 0. The van der Waals surface area contributed by atoms with E-state index in [1.807, 2.05) is 6.07 Å². The number of ether oxygens (including phenoxy) is 1. The second kappa shape index (κ2) is 2.93. The molecule has 0 bridgehead atoms. The molecule has 0 saturated carbocycles. The number of rotatable bonds is 0. The number of para-hydroxylation sites is 1. The maximum Gasteiger partial charge on any atom is 0.116 e. The van der Waals surface area contributed by atoms with Crippen molar-refractivity contribution in [2.24, 2.45) is 0 Å². The van der Waals surface area contributed by atoms with Crippen LogP contribution in [0.4, 0.5) is 5.69 Å². The molecule has 1 N–H and O–H groups in total. The fourth-order valence-corrected chi connectivity index (χ4v) is 1.29. The number of hydrogen-bond donors (Lipinski definition) is 1. The Balaban J connectivity index is 0.000000720. The monoisotopic (exact) mass is 151 g/mol. The van der Waals surface area contributed by atoms with Crippen LogP contribution in [0.15, 0.2) is 24.3 Å². The lowest BCUT2D eigenvalue weighted by Gasteiger charge is -2.03. The van der Waals surface area contributed by atoms with Crippen LogP contribution in [0.25, 0.3) is 0 Å². The van der Waals surface area contributed by atoms with Gasteiger partial charge in [0.25, 0.3) is 0 Å². The molecule has 2 nitrogen and oxygen atoms in total. The predicted octanol–water partition coefficient (Wildman–Crippen LogP) is 1.87. The Bertz CT molecular complexity index is 227. The Morgan fingerprint density at radius 3 is 3.27 bits per heavy atom. The van der Waals surface area contributed by atoms with E-state index in [2.05, 4.69) is 23.5 Å². The average molecular weight is 151 g/mol. The van der Waals surface area contributed by atoms with Gasteiger partial charge in [-0.1, -0.05) is 18.2 Å². The van der Waals surface area contributed by atoms with Crippen molar-refractivity contribution in [2.75, 3.05) is 18.7 Å². The second-order valence-electron chi connectivity index (χ2n) is 2.64. The standard InChI is InChI=1S/C9H11NO.H2/c1-2-4-9-8(3-1)5-6-11-7-10-9;/h1-4,10H,5-7H2;1H. The summed E-state index contributed by atoms with van der Waals surface area (Å²) in [5.41, 5.74) is 2.56. The van der Waals surface area contributed by atoms with E-state index in [0.717, 1.165) is 13.0 Å². The normalized spacial score (nSPS) is 16.4. The third-order valence-corrected chi connectivity index (χ3v) is 1.90. The van der Waals surface area contributed by atoms with Crippen LogP contribution in [-0.2, 0) is 11.2 Å². The van der Waals surface area contributed by atoms with Gasteiger partial charge in [0.05, 0.1) is 6.61 Å². The molecule has 1 aliphatic heterocycles. The van der Waals surface area contributed by atoms with Gasteiger partial charge in [-0.3, -0.25) is 0 Å². The molecular formula is C9H13NO. The highest BCUT2D eigenvalue weighted by Gasteiger charge is 2.04. The van der Waals surface area contributed by atoms with Crippen LogP contribution in [0.2, 0.25) is 0 Å². The third-order valence-electron chi connectivity index (χ3n) is 1.90. The zero-order chi connectivity index (χ0) is 7.52. The van der Waals surface area contributed by atoms with Crippen LogP contribution in [-0.4, -0.2) is 13.3 Å². The van der Waals surface area contributed by atoms with Crippen LogP contribution in [0.3, 0.4) is 0 Å². The van der Waals surface area contributed by atoms with Crippen molar-refractivity contribution in [2.45, 2.75) is 6.42 Å². The minimum atomic E-state index is 0. The summed E-state index contributed by atoms with van der Waals surface area (Å²) in [5.74, 6) is 0. The molecule has 0 aliphatic carbocycles. The van der Waals surface area contributed by atoms with Gasteiger partial charge in [0.1, 0.15) is 6.73 Å². The molecule has 1 aliphatic rings. The van der Waals surface area contributed by atoms with Gasteiger partial charge in [0, 0.05) is 7.11 Å². The van der Waals surface area contributed by atoms with Crippen molar-refractivity contribution in [1.29, 1.82) is 0 Å². The highest BCUT2D eigenvalue weighted by atomic mass is 16.5. The van der Waals surface area contributed by atoms with Crippen molar-refractivity contribution in [3.63, 3.8) is 0 Å². The van der Waals surface area contributed by atoms with Crippen LogP contribution >= 0.6 is 0 Å². The van der Waals surface area contributed by atoms with Gasteiger partial charge in [0.2, 0.25) is 0 Å². The molecule has 2 rings (SSSR count). The van der Waals surface area contributed by atoms with Crippen LogP contribution in [0.5, 0.6) is 0 Å². The number of benzene rings is 1. The lowest BCUT2D eigenvalue weighted by Crippen LogP contribution is -2.02. The average Bonchev–Trinajstić information content (AvgIpc) is 2.28. The minimum absolute atomic E-state index is 0. The molecule has 0 spiro atoms. The first-order valence-corrected chi connectivity index (χ1v) is 3.86. The van der Waals surface area contributed by atoms with E-state index in [0.29, 0.717) is 6.73 Å². The van der Waals surface area contributed by atoms with Crippen molar-refractivity contribution < 1.29 is 6.16 Å². The van der Waals surface area contributed by atoms with E-state index in [4.69, 9.17) is 4.74 Å². The molecule has 0 unspecified atom stereocenters. The van der Waals surface area contributed by atoms with Crippen LogP contribution in [0.1, 0.15) is 6.99 Å². The number of fused-ring (bicyclic) bond motifs is 1. The molecule has 0 radical (unpaired) electrons. The quantitative estimate of drug-likeness (QED) is 0.611. The number of hydrogen-bond acceptors (Lipinski definition) is 2. The maximum absolute atomic E-state index is 5.27. The second-order valence-corrected chi connectivity index (χ2v) is 2.64. The van der Waals surface area contributed by atoms with E-state index in [1.54, 1.807) is 0 Å². The first-order valence-electron chi connectivity index (χ1n) is 3.86. The molecule has 0 fully saturated rings. The summed E-state index contributed by atoms with van der Waals surface area (Å²) in [6, 6.07) is 8.32. The van der Waals surface area contributed by atoms with Crippen LogP contribution in [0, 0.1) is 0 Å². The SMILES string of the molecule is [HH].c1ccc2c(c1)CCOCN2. The van der Waals surface area contributed by atoms with Gasteiger partial charge in [-0.05, 0) is 18.1 Å². The predicted molar refractivity (Wildman–Crippen MR) is 46.7 cm³/mol. The third kappa shape index (κ3) is 1.35. The summed E-state index contributed by atoms with van der Waals surface area (Å²) in [7, 11) is 0. The zero-order valence-corrected chi connectivity index (χ0v) is 6.34. The molecule has 0 amide bonds. The summed E-state index contributed by atoms with van der Waals surface area (Å²) >= 11 is 0. The summed E-state index contributed by atoms with van der Waals surface area (Å²) < 4.78 is 5.27. The molecular weight excluding hydrogens is 138 g/mol. The van der Waals surface area contributed by atoms with Crippen molar-refractivity contribution in [3.05, 3.63) is 29.8 Å². The first kappa shape index (κ1) is 6.68. The highest BCUT2D eigenvalue weighted by Crippen LogP contribution is 2.17. The fraction of sp³-hybridized carbons (Fsp3) is 0.333. The number of nitrogens with one attached hydrogen (secondary N) is 1. The molecule has 2 heteroatoms. The first-order chi connectivity index (χ1) is 5.47. The van der Waals surface area contributed by atoms with E-state index in [-0.39, 0.29) is 1.43 Å². The van der Waals surface area contributed by atoms with Crippen molar-refractivity contribution >= 4 is 5.69 Å². The molecule has 11 heavy (non-hydrogen) atoms. The zero-order valence-electron chi connectivity index (χ0n) is 6.34. The minimum Gasteiger partial charge on any atom is -0.362 e. The molecule has 0 atom stereocenters. The molecule has 60 valence electrons. The number of anilines is 1. The van der Waals surface area contributed by atoms with Gasteiger partial charge in [-0.25, -0.2) is 0 Å². The Hall–Kier alpha value is -1.02. The Kier molecular flexibility index (Phi) is 1.78. The van der Waals surface area contributed by atoms with E-state index in [1.165, 1.54) is 11.3 Å². The molecule has 0 saturated heterocycles.